The standard InChI is InChI=1S/C14H22N4O2/c1-10-5-8-16-13(11(10)12(15)17-20)18(2)9-14(19)6-3-4-7-14/h5,8,19-20H,3-4,6-7,9H2,1-2H3,(H2,15,17). The minimum absolute atomic E-state index is 0.0378. The smallest absolute Gasteiger partial charge is 0.174 e. The number of rotatable bonds is 4. The van der Waals surface area contributed by atoms with Gasteiger partial charge in [0.2, 0.25) is 0 Å². The minimum atomic E-state index is -0.664. The Hall–Kier alpha value is -1.82. The molecule has 20 heavy (non-hydrogen) atoms. The lowest BCUT2D eigenvalue weighted by molar-refractivity contribution is 0.0558. The number of pyridine rings is 1. The highest BCUT2D eigenvalue weighted by atomic mass is 16.4. The molecule has 1 aromatic rings. The summed E-state index contributed by atoms with van der Waals surface area (Å²) in [4.78, 5) is 6.21. The SMILES string of the molecule is Cc1ccnc(N(C)CC2(O)CCCC2)c1/C(N)=N/O. The molecule has 1 heterocycles. The van der Waals surface area contributed by atoms with Crippen molar-refractivity contribution in [2.45, 2.75) is 38.2 Å². The fourth-order valence-electron chi connectivity index (χ4n) is 2.91. The van der Waals surface area contributed by atoms with Crippen molar-refractivity contribution in [3.05, 3.63) is 23.4 Å². The number of anilines is 1. The quantitative estimate of drug-likeness (QED) is 0.333. The van der Waals surface area contributed by atoms with Gasteiger partial charge in [0.05, 0.1) is 11.2 Å². The Morgan fingerprint density at radius 3 is 2.75 bits per heavy atom. The number of oxime groups is 1. The molecule has 6 heteroatoms. The monoisotopic (exact) mass is 278 g/mol. The Balaban J connectivity index is 2.30. The molecular formula is C14H22N4O2. The van der Waals surface area contributed by atoms with Crippen LogP contribution in [0.25, 0.3) is 0 Å². The molecule has 0 amide bonds. The van der Waals surface area contributed by atoms with Crippen molar-refractivity contribution >= 4 is 11.7 Å². The molecule has 1 aliphatic carbocycles. The fourth-order valence-corrected chi connectivity index (χ4v) is 2.91. The lowest BCUT2D eigenvalue weighted by atomic mass is 10.0. The molecule has 1 saturated carbocycles. The second-order valence-electron chi connectivity index (χ2n) is 5.60. The van der Waals surface area contributed by atoms with E-state index in [1.807, 2.05) is 24.9 Å². The average Bonchev–Trinajstić information content (AvgIpc) is 2.84. The van der Waals surface area contributed by atoms with Crippen LogP contribution in [0.1, 0.15) is 36.8 Å². The van der Waals surface area contributed by atoms with Gasteiger partial charge in [-0.05, 0) is 31.4 Å². The maximum Gasteiger partial charge on any atom is 0.174 e. The van der Waals surface area contributed by atoms with Crippen LogP contribution in [-0.4, -0.2) is 40.3 Å². The van der Waals surface area contributed by atoms with E-state index in [4.69, 9.17) is 10.9 Å². The lowest BCUT2D eigenvalue weighted by Gasteiger charge is -2.30. The van der Waals surface area contributed by atoms with Gasteiger partial charge in [-0.3, -0.25) is 0 Å². The van der Waals surface area contributed by atoms with Crippen molar-refractivity contribution in [3.63, 3.8) is 0 Å². The predicted molar refractivity (Wildman–Crippen MR) is 78.2 cm³/mol. The third kappa shape index (κ3) is 2.85. The molecule has 1 fully saturated rings. The van der Waals surface area contributed by atoms with Crippen molar-refractivity contribution in [2.75, 3.05) is 18.5 Å². The summed E-state index contributed by atoms with van der Waals surface area (Å²) in [6.45, 7) is 2.38. The van der Waals surface area contributed by atoms with Crippen LogP contribution < -0.4 is 10.6 Å². The van der Waals surface area contributed by atoms with Crippen LogP contribution in [0.15, 0.2) is 17.4 Å². The van der Waals surface area contributed by atoms with Crippen molar-refractivity contribution in [3.8, 4) is 0 Å². The van der Waals surface area contributed by atoms with E-state index in [0.717, 1.165) is 31.2 Å². The molecule has 0 radical (unpaired) electrons. The summed E-state index contributed by atoms with van der Waals surface area (Å²) in [5, 5.41) is 22.5. The number of hydrogen-bond donors (Lipinski definition) is 3. The van der Waals surface area contributed by atoms with E-state index >= 15 is 0 Å². The number of aryl methyl sites for hydroxylation is 1. The molecule has 2 rings (SSSR count). The van der Waals surface area contributed by atoms with Crippen molar-refractivity contribution in [1.82, 2.24) is 4.98 Å². The summed E-state index contributed by atoms with van der Waals surface area (Å²) < 4.78 is 0. The number of likely N-dealkylation sites (N-methyl/N-ethyl adjacent to an activating group) is 1. The zero-order valence-electron chi connectivity index (χ0n) is 12.0. The van der Waals surface area contributed by atoms with E-state index in [0.29, 0.717) is 17.9 Å². The number of nitrogens with zero attached hydrogens (tertiary/aromatic N) is 3. The number of aliphatic hydroxyl groups is 1. The Kier molecular flexibility index (Phi) is 4.13. The van der Waals surface area contributed by atoms with Gasteiger partial charge in [0, 0.05) is 19.8 Å². The van der Waals surface area contributed by atoms with E-state index in [1.54, 1.807) is 6.20 Å². The van der Waals surface area contributed by atoms with Gasteiger partial charge in [-0.1, -0.05) is 18.0 Å². The molecule has 0 aliphatic heterocycles. The first-order valence-corrected chi connectivity index (χ1v) is 6.84. The Labute approximate surface area is 118 Å². The molecule has 0 unspecified atom stereocenters. The number of aromatic nitrogens is 1. The third-order valence-corrected chi connectivity index (χ3v) is 3.93. The van der Waals surface area contributed by atoms with Crippen molar-refractivity contribution < 1.29 is 10.3 Å². The van der Waals surface area contributed by atoms with Crippen LogP contribution in [0.2, 0.25) is 0 Å². The zero-order valence-corrected chi connectivity index (χ0v) is 12.0. The Morgan fingerprint density at radius 2 is 2.15 bits per heavy atom. The van der Waals surface area contributed by atoms with E-state index in [-0.39, 0.29) is 5.84 Å². The zero-order chi connectivity index (χ0) is 14.8. The van der Waals surface area contributed by atoms with Gasteiger partial charge in [0.1, 0.15) is 5.82 Å². The molecule has 0 saturated heterocycles. The van der Waals surface area contributed by atoms with Gasteiger partial charge in [0.15, 0.2) is 5.84 Å². The van der Waals surface area contributed by atoms with Gasteiger partial charge in [-0.25, -0.2) is 4.98 Å². The highest BCUT2D eigenvalue weighted by molar-refractivity contribution is 6.02. The summed E-state index contributed by atoms with van der Waals surface area (Å²) in [6, 6.07) is 1.81. The van der Waals surface area contributed by atoms with Crippen LogP contribution >= 0.6 is 0 Å². The fraction of sp³-hybridized carbons (Fsp3) is 0.571. The Morgan fingerprint density at radius 1 is 1.50 bits per heavy atom. The van der Waals surface area contributed by atoms with Crippen LogP contribution in [0, 0.1) is 6.92 Å². The summed E-state index contributed by atoms with van der Waals surface area (Å²) in [6.07, 6.45) is 5.41. The molecule has 0 aromatic carbocycles. The molecule has 1 aromatic heterocycles. The van der Waals surface area contributed by atoms with E-state index < -0.39 is 5.60 Å². The number of hydrogen-bond acceptors (Lipinski definition) is 5. The van der Waals surface area contributed by atoms with Crippen LogP contribution in [0.4, 0.5) is 5.82 Å². The number of nitrogens with two attached hydrogens (primary N) is 1. The molecule has 0 spiro atoms. The maximum absolute atomic E-state index is 10.5. The minimum Gasteiger partial charge on any atom is -0.409 e. The van der Waals surface area contributed by atoms with Crippen LogP contribution in [-0.2, 0) is 0 Å². The second kappa shape index (κ2) is 5.66. The predicted octanol–water partition coefficient (Wildman–Crippen LogP) is 1.23. The molecule has 0 atom stereocenters. The highest BCUT2D eigenvalue weighted by Gasteiger charge is 2.33. The van der Waals surface area contributed by atoms with Crippen molar-refractivity contribution in [2.24, 2.45) is 10.9 Å². The normalized spacial score (nSPS) is 18.2. The molecule has 1 aliphatic rings. The first-order chi connectivity index (χ1) is 9.47. The van der Waals surface area contributed by atoms with Gasteiger partial charge >= 0.3 is 0 Å². The highest BCUT2D eigenvalue weighted by Crippen LogP contribution is 2.31. The molecular weight excluding hydrogens is 256 g/mol. The summed E-state index contributed by atoms with van der Waals surface area (Å²) in [5.74, 6) is 0.663. The van der Waals surface area contributed by atoms with Gasteiger partial charge < -0.3 is 20.9 Å². The van der Waals surface area contributed by atoms with Gasteiger partial charge in [-0.15, -0.1) is 0 Å². The average molecular weight is 278 g/mol. The maximum atomic E-state index is 10.5. The summed E-state index contributed by atoms with van der Waals surface area (Å²) in [7, 11) is 1.87. The van der Waals surface area contributed by atoms with E-state index in [2.05, 4.69) is 10.1 Å². The Bertz CT molecular complexity index is 510. The van der Waals surface area contributed by atoms with Gasteiger partial charge in [0.25, 0.3) is 0 Å². The van der Waals surface area contributed by atoms with Crippen molar-refractivity contribution in [1.29, 1.82) is 0 Å². The van der Waals surface area contributed by atoms with E-state index in [9.17, 15) is 5.11 Å². The van der Waals surface area contributed by atoms with Gasteiger partial charge in [-0.2, -0.15) is 0 Å². The van der Waals surface area contributed by atoms with E-state index in [1.165, 1.54) is 0 Å². The first kappa shape index (κ1) is 14.6. The first-order valence-electron chi connectivity index (χ1n) is 6.84. The lowest BCUT2D eigenvalue weighted by Crippen LogP contribution is -2.40. The number of amidine groups is 1. The van der Waals surface area contributed by atoms with Crippen LogP contribution in [0.5, 0.6) is 0 Å². The topological polar surface area (TPSA) is 95.0 Å². The second-order valence-corrected chi connectivity index (χ2v) is 5.60. The molecule has 0 bridgehead atoms. The molecule has 110 valence electrons. The summed E-state index contributed by atoms with van der Waals surface area (Å²) >= 11 is 0. The third-order valence-electron chi connectivity index (χ3n) is 3.93. The summed E-state index contributed by atoms with van der Waals surface area (Å²) in [5.41, 5.74) is 6.58. The largest absolute Gasteiger partial charge is 0.409 e. The van der Waals surface area contributed by atoms with Crippen LogP contribution in [0.3, 0.4) is 0 Å². The molecule has 4 N–H and O–H groups in total. The molecule has 6 nitrogen and oxygen atoms in total.